The van der Waals surface area contributed by atoms with Crippen molar-refractivity contribution >= 4 is 0 Å². The van der Waals surface area contributed by atoms with Gasteiger partial charge in [0, 0.05) is 26.1 Å². The molecule has 1 N–H and O–H groups in total. The van der Waals surface area contributed by atoms with Crippen LogP contribution in [0.3, 0.4) is 0 Å². The zero-order chi connectivity index (χ0) is 13.1. The molecule has 0 bridgehead atoms. The van der Waals surface area contributed by atoms with Gasteiger partial charge in [-0.1, -0.05) is 27.7 Å². The number of nitrogens with one attached hydrogen (secondary N) is 1. The molecule has 0 atom stereocenters. The highest BCUT2D eigenvalue weighted by Crippen LogP contribution is 2.20. The summed E-state index contributed by atoms with van der Waals surface area (Å²) in [5, 5.41) is 11.9. The molecule has 0 amide bonds. The smallest absolute Gasteiger partial charge is 0.0621 e. The molecular formula is C14H28N2O. The highest BCUT2D eigenvalue weighted by molar-refractivity contribution is 4.78. The van der Waals surface area contributed by atoms with Crippen LogP contribution in [0.4, 0.5) is 0 Å². The Balaban J connectivity index is 3.35. The Hall–Kier alpha value is -0.590. The molecule has 0 aromatic rings. The van der Waals surface area contributed by atoms with Gasteiger partial charge in [0.2, 0.25) is 0 Å². The molecule has 0 aliphatic carbocycles. The van der Waals surface area contributed by atoms with Gasteiger partial charge in [-0.3, -0.25) is 0 Å². The molecule has 3 heteroatoms. The van der Waals surface area contributed by atoms with Crippen LogP contribution in [-0.4, -0.2) is 26.3 Å². The van der Waals surface area contributed by atoms with E-state index in [9.17, 15) is 0 Å². The molecule has 0 heterocycles. The van der Waals surface area contributed by atoms with Crippen LogP contribution in [0, 0.1) is 22.7 Å². The maximum atomic E-state index is 8.55. The normalized spacial score (nSPS) is 11.8. The first-order valence-corrected chi connectivity index (χ1v) is 6.63. The van der Waals surface area contributed by atoms with E-state index in [4.69, 9.17) is 10.00 Å². The highest BCUT2D eigenvalue weighted by atomic mass is 16.5. The summed E-state index contributed by atoms with van der Waals surface area (Å²) in [6, 6.07) is 2.20. The minimum absolute atomic E-state index is 0.202. The molecule has 0 aromatic heterocycles. The fraction of sp³-hybridized carbons (Fsp3) is 0.929. The van der Waals surface area contributed by atoms with Crippen molar-refractivity contribution in [3.8, 4) is 6.07 Å². The third-order valence-corrected chi connectivity index (χ3v) is 2.78. The number of nitriles is 1. The van der Waals surface area contributed by atoms with E-state index in [0.717, 1.165) is 39.1 Å². The van der Waals surface area contributed by atoms with Crippen molar-refractivity contribution in [2.75, 3.05) is 26.3 Å². The van der Waals surface area contributed by atoms with Gasteiger partial charge < -0.3 is 10.1 Å². The van der Waals surface area contributed by atoms with Crippen molar-refractivity contribution in [1.29, 1.82) is 5.26 Å². The lowest BCUT2D eigenvalue weighted by Crippen LogP contribution is -2.31. The van der Waals surface area contributed by atoms with Crippen LogP contribution >= 0.6 is 0 Å². The molecule has 0 aliphatic heterocycles. The molecule has 17 heavy (non-hydrogen) atoms. The summed E-state index contributed by atoms with van der Waals surface area (Å²) in [7, 11) is 0. The first-order valence-electron chi connectivity index (χ1n) is 6.63. The van der Waals surface area contributed by atoms with Crippen LogP contribution in [0.2, 0.25) is 0 Å². The molecule has 0 saturated heterocycles. The predicted octanol–water partition coefficient (Wildman–Crippen LogP) is 2.97. The first kappa shape index (κ1) is 16.4. The van der Waals surface area contributed by atoms with Crippen molar-refractivity contribution in [3.63, 3.8) is 0 Å². The Morgan fingerprint density at radius 2 is 2.00 bits per heavy atom. The van der Waals surface area contributed by atoms with Crippen molar-refractivity contribution in [3.05, 3.63) is 0 Å². The second-order valence-electron chi connectivity index (χ2n) is 5.79. The lowest BCUT2D eigenvalue weighted by molar-refractivity contribution is 0.123. The first-order chi connectivity index (χ1) is 7.98. The zero-order valence-corrected chi connectivity index (χ0v) is 11.9. The lowest BCUT2D eigenvalue weighted by Gasteiger charge is -2.23. The predicted molar refractivity (Wildman–Crippen MR) is 71.8 cm³/mol. The van der Waals surface area contributed by atoms with Gasteiger partial charge in [0.15, 0.2) is 0 Å². The van der Waals surface area contributed by atoms with Crippen molar-refractivity contribution in [1.82, 2.24) is 5.32 Å². The lowest BCUT2D eigenvalue weighted by atomic mass is 9.88. The van der Waals surface area contributed by atoms with Crippen LogP contribution in [0.5, 0.6) is 0 Å². The Morgan fingerprint density at radius 1 is 1.29 bits per heavy atom. The summed E-state index contributed by atoms with van der Waals surface area (Å²) in [4.78, 5) is 0. The molecule has 0 saturated carbocycles. The Morgan fingerprint density at radius 3 is 2.59 bits per heavy atom. The molecule has 0 radical (unpaired) electrons. The third-order valence-electron chi connectivity index (χ3n) is 2.78. The van der Waals surface area contributed by atoms with Crippen molar-refractivity contribution < 1.29 is 4.74 Å². The van der Waals surface area contributed by atoms with Crippen LogP contribution in [0.25, 0.3) is 0 Å². The van der Waals surface area contributed by atoms with E-state index in [1.165, 1.54) is 0 Å². The van der Waals surface area contributed by atoms with Gasteiger partial charge in [-0.15, -0.1) is 0 Å². The summed E-state index contributed by atoms with van der Waals surface area (Å²) in [5.74, 6) is 0.716. The van der Waals surface area contributed by atoms with E-state index in [0.29, 0.717) is 12.3 Å². The van der Waals surface area contributed by atoms with Crippen LogP contribution in [-0.2, 0) is 4.74 Å². The summed E-state index contributed by atoms with van der Waals surface area (Å²) >= 11 is 0. The van der Waals surface area contributed by atoms with Gasteiger partial charge in [0.05, 0.1) is 12.7 Å². The molecule has 0 spiro atoms. The molecule has 0 aromatic carbocycles. The topological polar surface area (TPSA) is 45.0 Å². The van der Waals surface area contributed by atoms with Crippen LogP contribution < -0.4 is 5.32 Å². The largest absolute Gasteiger partial charge is 0.380 e. The number of hydrogen-bond acceptors (Lipinski definition) is 3. The molecule has 0 unspecified atom stereocenters. The molecule has 0 fully saturated rings. The fourth-order valence-corrected chi connectivity index (χ4v) is 1.47. The second-order valence-corrected chi connectivity index (χ2v) is 5.79. The summed E-state index contributed by atoms with van der Waals surface area (Å²) in [6.07, 6.45) is 2.72. The quantitative estimate of drug-likeness (QED) is 0.597. The highest BCUT2D eigenvalue weighted by Gasteiger charge is 2.16. The van der Waals surface area contributed by atoms with E-state index < -0.39 is 0 Å². The van der Waals surface area contributed by atoms with Gasteiger partial charge in [-0.2, -0.15) is 5.26 Å². The van der Waals surface area contributed by atoms with Crippen molar-refractivity contribution in [2.45, 2.75) is 47.0 Å². The fourth-order valence-electron chi connectivity index (χ4n) is 1.47. The Labute approximate surface area is 107 Å². The summed E-state index contributed by atoms with van der Waals surface area (Å²) in [6.45, 7) is 12.3. The Bertz CT molecular complexity index is 219. The minimum atomic E-state index is 0.202. The van der Waals surface area contributed by atoms with Gasteiger partial charge in [0.1, 0.15) is 0 Å². The zero-order valence-electron chi connectivity index (χ0n) is 11.9. The SMILES string of the molecule is CC(C)CCOCCNCC(C)(C)CCC#N. The number of rotatable bonds is 10. The van der Waals surface area contributed by atoms with E-state index >= 15 is 0 Å². The number of hydrogen-bond donors (Lipinski definition) is 1. The number of ether oxygens (including phenoxy) is 1. The standard InChI is InChI=1S/C14H28N2O/c1-13(2)6-10-17-11-9-16-12-14(3,4)7-5-8-15/h13,16H,5-7,9-12H2,1-4H3. The third kappa shape index (κ3) is 11.7. The van der Waals surface area contributed by atoms with Gasteiger partial charge in [0.25, 0.3) is 0 Å². The monoisotopic (exact) mass is 240 g/mol. The van der Waals surface area contributed by atoms with Gasteiger partial charge in [-0.25, -0.2) is 0 Å². The minimum Gasteiger partial charge on any atom is -0.380 e. The second kappa shape index (κ2) is 9.44. The van der Waals surface area contributed by atoms with Crippen molar-refractivity contribution in [2.24, 2.45) is 11.3 Å². The summed E-state index contributed by atoms with van der Waals surface area (Å²) in [5.41, 5.74) is 0.202. The molecule has 100 valence electrons. The van der Waals surface area contributed by atoms with E-state index in [1.807, 2.05) is 0 Å². The maximum Gasteiger partial charge on any atom is 0.0621 e. The maximum absolute atomic E-state index is 8.55. The van der Waals surface area contributed by atoms with Crippen LogP contribution in [0.15, 0.2) is 0 Å². The summed E-state index contributed by atoms with van der Waals surface area (Å²) < 4.78 is 5.53. The van der Waals surface area contributed by atoms with E-state index in [2.05, 4.69) is 39.1 Å². The van der Waals surface area contributed by atoms with Gasteiger partial charge in [-0.05, 0) is 24.2 Å². The van der Waals surface area contributed by atoms with Crippen LogP contribution in [0.1, 0.15) is 47.0 Å². The molecule has 3 nitrogen and oxygen atoms in total. The van der Waals surface area contributed by atoms with Gasteiger partial charge >= 0.3 is 0 Å². The van der Waals surface area contributed by atoms with E-state index in [1.54, 1.807) is 0 Å². The average molecular weight is 240 g/mol. The number of nitrogens with zero attached hydrogens (tertiary/aromatic N) is 1. The molecule has 0 rings (SSSR count). The molecular weight excluding hydrogens is 212 g/mol. The van der Waals surface area contributed by atoms with E-state index in [-0.39, 0.29) is 5.41 Å². The Kier molecular flexibility index (Phi) is 9.11. The molecule has 0 aliphatic rings. The average Bonchev–Trinajstić information content (AvgIpc) is 2.24.